The van der Waals surface area contributed by atoms with Gasteiger partial charge in [0.05, 0.1) is 24.7 Å². The van der Waals surface area contributed by atoms with Crippen molar-refractivity contribution < 1.29 is 4.74 Å². The Bertz CT molecular complexity index is 849. The Morgan fingerprint density at radius 3 is 2.87 bits per heavy atom. The zero-order chi connectivity index (χ0) is 15.6. The summed E-state index contributed by atoms with van der Waals surface area (Å²) in [4.78, 5) is 13.2. The maximum atomic E-state index is 5.49. The summed E-state index contributed by atoms with van der Waals surface area (Å²) in [5, 5.41) is 3.20. The van der Waals surface area contributed by atoms with Crippen molar-refractivity contribution in [3.05, 3.63) is 60.0 Å². The molecule has 0 saturated heterocycles. The van der Waals surface area contributed by atoms with Gasteiger partial charge in [0.15, 0.2) is 0 Å². The highest BCUT2D eigenvalue weighted by molar-refractivity contribution is 5.73. The van der Waals surface area contributed by atoms with Crippen LogP contribution < -0.4 is 10.1 Å². The number of methoxy groups -OCH3 is 1. The minimum absolute atomic E-state index is 0.576. The summed E-state index contributed by atoms with van der Waals surface area (Å²) in [7, 11) is 1.71. The van der Waals surface area contributed by atoms with Gasteiger partial charge in [-0.25, -0.2) is 9.97 Å². The smallest absolute Gasteiger partial charge is 0.227 e. The molecule has 0 amide bonds. The number of nitrogens with zero attached hydrogens (tertiary/aromatic N) is 3. The summed E-state index contributed by atoms with van der Waals surface area (Å²) in [6, 6.07) is 9.91. The largest absolute Gasteiger partial charge is 0.496 e. The third-order valence-corrected chi connectivity index (χ3v) is 4.03. The normalized spacial score (nSPS) is 12.2. The molecular weight excluding hydrogens is 288 g/mol. The Morgan fingerprint density at radius 2 is 2.04 bits per heavy atom. The molecule has 23 heavy (non-hydrogen) atoms. The third-order valence-electron chi connectivity index (χ3n) is 4.03. The molecule has 1 aromatic carbocycles. The second-order valence-electron chi connectivity index (χ2n) is 5.42. The molecule has 4 rings (SSSR count). The number of pyridine rings is 1. The van der Waals surface area contributed by atoms with Gasteiger partial charge in [-0.05, 0) is 36.6 Å². The Morgan fingerprint density at radius 1 is 1.09 bits per heavy atom. The first-order chi connectivity index (χ1) is 11.3. The monoisotopic (exact) mass is 304 g/mol. The molecular formula is C18H16N4O. The van der Waals surface area contributed by atoms with E-state index in [9.17, 15) is 0 Å². The molecule has 114 valence electrons. The lowest BCUT2D eigenvalue weighted by atomic mass is 9.89. The quantitative estimate of drug-likeness (QED) is 0.803. The first kappa shape index (κ1) is 13.7. The van der Waals surface area contributed by atoms with Crippen molar-refractivity contribution in [2.45, 2.75) is 12.8 Å². The number of fused-ring (bicyclic) bond motifs is 3. The van der Waals surface area contributed by atoms with Crippen LogP contribution in [0.15, 0.2) is 48.9 Å². The molecule has 0 radical (unpaired) electrons. The van der Waals surface area contributed by atoms with Crippen molar-refractivity contribution in [3.8, 4) is 17.0 Å². The summed E-state index contributed by atoms with van der Waals surface area (Å²) in [6.45, 7) is 0. The van der Waals surface area contributed by atoms with Crippen LogP contribution in [0.5, 0.6) is 5.75 Å². The number of hydrogen-bond acceptors (Lipinski definition) is 5. The van der Waals surface area contributed by atoms with Crippen molar-refractivity contribution >= 4 is 11.6 Å². The number of aromatic nitrogens is 3. The minimum Gasteiger partial charge on any atom is -0.496 e. The molecule has 0 spiro atoms. The summed E-state index contributed by atoms with van der Waals surface area (Å²) < 4.78 is 5.49. The molecule has 1 N–H and O–H groups in total. The van der Waals surface area contributed by atoms with Crippen LogP contribution in [0.2, 0.25) is 0 Å². The number of rotatable bonds is 3. The summed E-state index contributed by atoms with van der Waals surface area (Å²) in [5.74, 6) is 1.50. The minimum atomic E-state index is 0.576. The molecule has 0 unspecified atom stereocenters. The van der Waals surface area contributed by atoms with Crippen LogP contribution in [0.4, 0.5) is 11.6 Å². The van der Waals surface area contributed by atoms with Crippen molar-refractivity contribution in [2.75, 3.05) is 12.4 Å². The van der Waals surface area contributed by atoms with Crippen LogP contribution >= 0.6 is 0 Å². The van der Waals surface area contributed by atoms with Crippen molar-refractivity contribution in [1.29, 1.82) is 0 Å². The highest BCUT2D eigenvalue weighted by Crippen LogP contribution is 2.37. The van der Waals surface area contributed by atoms with Gasteiger partial charge < -0.3 is 10.1 Å². The van der Waals surface area contributed by atoms with E-state index in [2.05, 4.69) is 21.4 Å². The SMILES string of the molecule is COc1cccc2c1CCc1cnc(Nc3cccnc3)nc1-2. The maximum absolute atomic E-state index is 5.49. The molecule has 0 bridgehead atoms. The number of ether oxygens (including phenoxy) is 1. The highest BCUT2D eigenvalue weighted by Gasteiger charge is 2.21. The molecule has 0 fully saturated rings. The van der Waals surface area contributed by atoms with E-state index in [1.165, 1.54) is 11.1 Å². The second kappa shape index (κ2) is 5.68. The van der Waals surface area contributed by atoms with Crippen molar-refractivity contribution in [2.24, 2.45) is 0 Å². The maximum Gasteiger partial charge on any atom is 0.227 e. The summed E-state index contributed by atoms with van der Waals surface area (Å²) >= 11 is 0. The van der Waals surface area contributed by atoms with Gasteiger partial charge in [0.1, 0.15) is 5.75 Å². The average molecular weight is 304 g/mol. The molecule has 0 saturated carbocycles. The summed E-state index contributed by atoms with van der Waals surface area (Å²) in [5.41, 5.74) is 5.36. The van der Waals surface area contributed by atoms with E-state index in [-0.39, 0.29) is 0 Å². The fourth-order valence-electron chi connectivity index (χ4n) is 2.95. The van der Waals surface area contributed by atoms with Gasteiger partial charge in [0, 0.05) is 23.5 Å². The lowest BCUT2D eigenvalue weighted by molar-refractivity contribution is 0.409. The van der Waals surface area contributed by atoms with E-state index < -0.39 is 0 Å². The van der Waals surface area contributed by atoms with E-state index in [0.29, 0.717) is 5.95 Å². The molecule has 5 nitrogen and oxygen atoms in total. The van der Waals surface area contributed by atoms with Gasteiger partial charge in [-0.3, -0.25) is 4.98 Å². The Kier molecular flexibility index (Phi) is 3.38. The topological polar surface area (TPSA) is 59.9 Å². The predicted octanol–water partition coefficient (Wildman–Crippen LogP) is 3.39. The number of anilines is 2. The van der Waals surface area contributed by atoms with Crippen LogP contribution in [0, 0.1) is 0 Å². The molecule has 1 aliphatic carbocycles. The number of aryl methyl sites for hydroxylation is 1. The van der Waals surface area contributed by atoms with E-state index in [1.807, 2.05) is 30.5 Å². The lowest BCUT2D eigenvalue weighted by Gasteiger charge is -2.21. The van der Waals surface area contributed by atoms with Gasteiger partial charge in [-0.15, -0.1) is 0 Å². The first-order valence-electron chi connectivity index (χ1n) is 7.54. The number of hydrogen-bond donors (Lipinski definition) is 1. The molecule has 0 atom stereocenters. The van der Waals surface area contributed by atoms with Crippen molar-refractivity contribution in [3.63, 3.8) is 0 Å². The van der Waals surface area contributed by atoms with E-state index in [1.54, 1.807) is 19.5 Å². The zero-order valence-electron chi connectivity index (χ0n) is 12.8. The number of nitrogens with one attached hydrogen (secondary N) is 1. The van der Waals surface area contributed by atoms with Gasteiger partial charge in [-0.2, -0.15) is 0 Å². The molecule has 5 heteroatoms. The molecule has 2 aromatic heterocycles. The van der Waals surface area contributed by atoms with Crippen LogP contribution in [0.25, 0.3) is 11.3 Å². The van der Waals surface area contributed by atoms with Crippen LogP contribution in [0.1, 0.15) is 11.1 Å². The van der Waals surface area contributed by atoms with Gasteiger partial charge in [-0.1, -0.05) is 12.1 Å². The van der Waals surface area contributed by atoms with Crippen molar-refractivity contribution in [1.82, 2.24) is 15.0 Å². The Labute approximate surface area is 134 Å². The zero-order valence-corrected chi connectivity index (χ0v) is 12.8. The van der Waals surface area contributed by atoms with E-state index in [4.69, 9.17) is 9.72 Å². The third kappa shape index (κ3) is 2.50. The lowest BCUT2D eigenvalue weighted by Crippen LogP contribution is -2.09. The number of benzene rings is 1. The highest BCUT2D eigenvalue weighted by atomic mass is 16.5. The molecule has 0 aliphatic heterocycles. The van der Waals surface area contributed by atoms with Crippen LogP contribution in [0.3, 0.4) is 0 Å². The standard InChI is InChI=1S/C18H16N4O/c1-23-16-6-2-5-15-14(16)8-7-12-10-20-18(22-17(12)15)21-13-4-3-9-19-11-13/h2-6,9-11H,7-8H2,1H3,(H,20,21,22). The molecule has 3 aromatic rings. The average Bonchev–Trinajstić information content (AvgIpc) is 2.62. The fraction of sp³-hybridized carbons (Fsp3) is 0.167. The second-order valence-corrected chi connectivity index (χ2v) is 5.42. The fourth-order valence-corrected chi connectivity index (χ4v) is 2.95. The van der Waals surface area contributed by atoms with Gasteiger partial charge in [0.2, 0.25) is 5.95 Å². The van der Waals surface area contributed by atoms with E-state index in [0.717, 1.165) is 35.5 Å². The van der Waals surface area contributed by atoms with Crippen LogP contribution in [-0.2, 0) is 12.8 Å². The summed E-state index contributed by atoms with van der Waals surface area (Å²) in [6.07, 6.45) is 7.27. The van der Waals surface area contributed by atoms with Crippen LogP contribution in [-0.4, -0.2) is 22.1 Å². The van der Waals surface area contributed by atoms with E-state index >= 15 is 0 Å². The Balaban J connectivity index is 1.76. The van der Waals surface area contributed by atoms with Gasteiger partial charge in [0.25, 0.3) is 0 Å². The van der Waals surface area contributed by atoms with Gasteiger partial charge >= 0.3 is 0 Å². The first-order valence-corrected chi connectivity index (χ1v) is 7.54. The Hall–Kier alpha value is -2.95. The predicted molar refractivity (Wildman–Crippen MR) is 88.9 cm³/mol. The molecule has 1 aliphatic rings. The molecule has 2 heterocycles.